The number of nitrogens with zero attached hydrogens (tertiary/aromatic N) is 3. The van der Waals surface area contributed by atoms with Gasteiger partial charge in [0.05, 0.1) is 33.0 Å². The molecule has 4 nitrogen and oxygen atoms in total. The summed E-state index contributed by atoms with van der Waals surface area (Å²) in [5.74, 6) is -2.32. The first kappa shape index (κ1) is 22.7. The fraction of sp³-hybridized carbons (Fsp3) is 0.296. The number of rotatable bonds is 5. The highest BCUT2D eigenvalue weighted by Gasteiger charge is 2.41. The first-order valence-corrected chi connectivity index (χ1v) is 11.7. The van der Waals surface area contributed by atoms with Gasteiger partial charge in [0.1, 0.15) is 12.4 Å². The van der Waals surface area contributed by atoms with Gasteiger partial charge in [0.15, 0.2) is 0 Å². The summed E-state index contributed by atoms with van der Waals surface area (Å²) in [5.41, 5.74) is 5.28. The lowest BCUT2D eigenvalue weighted by Crippen LogP contribution is -2.10. The predicted octanol–water partition coefficient (Wildman–Crippen LogP) is 7.44. The normalized spacial score (nSPS) is 17.3. The Morgan fingerprint density at radius 3 is 2.59 bits per heavy atom. The number of hydrogen-bond acceptors (Lipinski definition) is 4. The molecule has 0 spiro atoms. The van der Waals surface area contributed by atoms with Crippen LogP contribution in [0.15, 0.2) is 54.7 Å². The molecule has 0 saturated heterocycles. The minimum Gasteiger partial charge on any atom is -0.488 e. The summed E-state index contributed by atoms with van der Waals surface area (Å²) in [6.45, 7) is 4.19. The first-order chi connectivity index (χ1) is 16.3. The van der Waals surface area contributed by atoms with Gasteiger partial charge in [0, 0.05) is 42.3 Å². The first-order valence-electron chi connectivity index (χ1n) is 11.3. The Balaban J connectivity index is 1.55. The van der Waals surface area contributed by atoms with E-state index >= 15 is 0 Å². The van der Waals surface area contributed by atoms with Gasteiger partial charge in [-0.1, -0.05) is 41.9 Å². The van der Waals surface area contributed by atoms with Crippen LogP contribution in [-0.4, -0.2) is 20.9 Å². The van der Waals surface area contributed by atoms with Crippen molar-refractivity contribution in [3.05, 3.63) is 82.4 Å². The Kier molecular flexibility index (Phi) is 5.94. The van der Waals surface area contributed by atoms with Gasteiger partial charge < -0.3 is 4.74 Å². The number of aryl methyl sites for hydroxylation is 2. The number of benzene rings is 1. The Labute approximate surface area is 202 Å². The van der Waals surface area contributed by atoms with Crippen LogP contribution in [0, 0.1) is 13.8 Å². The van der Waals surface area contributed by atoms with Crippen molar-refractivity contribution >= 4 is 22.5 Å². The third kappa shape index (κ3) is 4.47. The maximum Gasteiger partial charge on any atom is 0.248 e. The average molecular weight is 480 g/mol. The van der Waals surface area contributed by atoms with Gasteiger partial charge >= 0.3 is 0 Å². The van der Waals surface area contributed by atoms with E-state index in [4.69, 9.17) is 21.3 Å². The molecule has 1 aromatic carbocycles. The molecular formula is C27H24ClF2N3O. The summed E-state index contributed by atoms with van der Waals surface area (Å²) in [6.07, 6.45) is 1.77. The molecule has 1 fully saturated rings. The maximum atomic E-state index is 13.8. The van der Waals surface area contributed by atoms with E-state index in [9.17, 15) is 8.78 Å². The van der Waals surface area contributed by atoms with E-state index in [1.54, 1.807) is 12.3 Å². The number of fused-ring (bicyclic) bond motifs is 1. The summed E-state index contributed by atoms with van der Waals surface area (Å²) in [4.78, 5) is 13.9. The molecule has 5 rings (SSSR count). The van der Waals surface area contributed by atoms with Crippen molar-refractivity contribution in [1.82, 2.24) is 15.0 Å². The van der Waals surface area contributed by atoms with Gasteiger partial charge in [-0.05, 0) is 38.0 Å². The minimum atomic E-state index is -2.65. The maximum absolute atomic E-state index is 13.8. The van der Waals surface area contributed by atoms with Gasteiger partial charge in [0.2, 0.25) is 5.92 Å². The fourth-order valence-electron chi connectivity index (χ4n) is 4.62. The zero-order valence-corrected chi connectivity index (χ0v) is 19.7. The van der Waals surface area contributed by atoms with Gasteiger partial charge in [-0.3, -0.25) is 9.97 Å². The van der Waals surface area contributed by atoms with Crippen molar-refractivity contribution in [2.75, 3.05) is 0 Å². The monoisotopic (exact) mass is 479 g/mol. The van der Waals surface area contributed by atoms with Crippen molar-refractivity contribution in [3.8, 4) is 17.0 Å². The highest BCUT2D eigenvalue weighted by atomic mass is 35.5. The highest BCUT2D eigenvalue weighted by molar-refractivity contribution is 6.31. The third-order valence-electron chi connectivity index (χ3n) is 6.37. The number of ether oxygens (including phenoxy) is 1. The van der Waals surface area contributed by atoms with Crippen LogP contribution in [0.1, 0.15) is 47.8 Å². The Hall–Kier alpha value is -3.12. The number of pyridine rings is 3. The van der Waals surface area contributed by atoms with Gasteiger partial charge in [-0.2, -0.15) is 0 Å². The van der Waals surface area contributed by atoms with Crippen LogP contribution in [0.2, 0.25) is 5.02 Å². The van der Waals surface area contributed by atoms with Crippen LogP contribution in [-0.2, 0) is 6.61 Å². The van der Waals surface area contributed by atoms with E-state index in [-0.39, 0.29) is 18.8 Å². The van der Waals surface area contributed by atoms with Crippen LogP contribution in [0.5, 0.6) is 5.75 Å². The molecule has 174 valence electrons. The molecule has 34 heavy (non-hydrogen) atoms. The molecule has 0 amide bonds. The van der Waals surface area contributed by atoms with Crippen LogP contribution < -0.4 is 4.74 Å². The number of alkyl halides is 2. The smallest absolute Gasteiger partial charge is 0.248 e. The van der Waals surface area contributed by atoms with E-state index in [1.165, 1.54) is 0 Å². The Morgan fingerprint density at radius 2 is 1.85 bits per heavy atom. The second-order valence-electron chi connectivity index (χ2n) is 8.85. The second kappa shape index (κ2) is 8.91. The van der Waals surface area contributed by atoms with E-state index in [1.807, 2.05) is 56.3 Å². The Morgan fingerprint density at radius 1 is 1.06 bits per heavy atom. The average Bonchev–Trinajstić information content (AvgIpc) is 3.18. The lowest BCUT2D eigenvalue weighted by atomic mass is 10.00. The number of aromatic nitrogens is 3. The van der Waals surface area contributed by atoms with Crippen molar-refractivity contribution in [1.29, 1.82) is 0 Å². The molecule has 1 unspecified atom stereocenters. The topological polar surface area (TPSA) is 47.9 Å². The van der Waals surface area contributed by atoms with Crippen LogP contribution >= 0.6 is 11.6 Å². The SMILES string of the molecule is Cc1nc(C2CCC(F)(F)C2)c(Cl)cc1-c1cc(OCc2ccccc2)c2c(C)nccc2n1. The van der Waals surface area contributed by atoms with Gasteiger partial charge in [-0.15, -0.1) is 0 Å². The molecule has 3 heterocycles. The van der Waals surface area contributed by atoms with E-state index in [0.717, 1.165) is 27.7 Å². The standard InChI is InChI=1S/C27H24ClF2N3O/c1-16-20(12-21(28)26(32-16)19-8-10-27(29,30)14-19)23-13-24(34-15-18-6-4-3-5-7-18)25-17(2)31-11-9-22(25)33-23/h3-7,9,11-13,19H,8,10,14-15H2,1-2H3. The Bertz CT molecular complexity index is 1360. The van der Waals surface area contributed by atoms with Gasteiger partial charge in [-0.25, -0.2) is 13.8 Å². The lowest BCUT2D eigenvalue weighted by molar-refractivity contribution is 0.00766. The zero-order chi connectivity index (χ0) is 23.9. The summed E-state index contributed by atoms with van der Waals surface area (Å²) in [5, 5.41) is 1.24. The summed E-state index contributed by atoms with van der Waals surface area (Å²) < 4.78 is 33.8. The summed E-state index contributed by atoms with van der Waals surface area (Å²) >= 11 is 6.57. The van der Waals surface area contributed by atoms with Crippen molar-refractivity contribution in [2.45, 2.75) is 51.6 Å². The molecular weight excluding hydrogens is 456 g/mol. The molecule has 3 aromatic heterocycles. The fourth-order valence-corrected chi connectivity index (χ4v) is 4.93. The van der Waals surface area contributed by atoms with Crippen molar-refractivity contribution in [3.63, 3.8) is 0 Å². The number of halogens is 3. The second-order valence-corrected chi connectivity index (χ2v) is 9.26. The van der Waals surface area contributed by atoms with E-state index < -0.39 is 5.92 Å². The van der Waals surface area contributed by atoms with Crippen LogP contribution in [0.25, 0.3) is 22.2 Å². The number of hydrogen-bond donors (Lipinski definition) is 0. The minimum absolute atomic E-state index is 0.127. The lowest BCUT2D eigenvalue weighted by Gasteiger charge is -2.17. The molecule has 0 radical (unpaired) electrons. The van der Waals surface area contributed by atoms with Crippen molar-refractivity contribution < 1.29 is 13.5 Å². The molecule has 0 N–H and O–H groups in total. The largest absolute Gasteiger partial charge is 0.488 e. The summed E-state index contributed by atoms with van der Waals surface area (Å²) in [7, 11) is 0. The van der Waals surface area contributed by atoms with E-state index in [0.29, 0.717) is 40.9 Å². The summed E-state index contributed by atoms with van der Waals surface area (Å²) in [6, 6.07) is 15.4. The third-order valence-corrected chi connectivity index (χ3v) is 6.67. The quantitative estimate of drug-likeness (QED) is 0.298. The van der Waals surface area contributed by atoms with Crippen molar-refractivity contribution in [2.24, 2.45) is 0 Å². The van der Waals surface area contributed by atoms with Crippen LogP contribution in [0.4, 0.5) is 8.78 Å². The molecule has 0 bridgehead atoms. The molecule has 1 atom stereocenters. The molecule has 1 aliphatic rings. The molecule has 1 aliphatic carbocycles. The van der Waals surface area contributed by atoms with Crippen LogP contribution in [0.3, 0.4) is 0 Å². The molecule has 4 aromatic rings. The predicted molar refractivity (Wildman–Crippen MR) is 130 cm³/mol. The molecule has 1 saturated carbocycles. The molecule has 7 heteroatoms. The zero-order valence-electron chi connectivity index (χ0n) is 19.0. The van der Waals surface area contributed by atoms with Gasteiger partial charge in [0.25, 0.3) is 0 Å². The molecule has 0 aliphatic heterocycles. The van der Waals surface area contributed by atoms with E-state index in [2.05, 4.69) is 9.97 Å². The highest BCUT2D eigenvalue weighted by Crippen LogP contribution is 2.46.